The standard InChI is InChI=1S/C34H50O14/c1-21(45-33(41)25(5)47-31(39)23(3)35)11-7-9-13-29(37)43-19-27-15-17-28(18-16-27)20-44-30(38)14-10-8-12-22(2)46-34(42)26(6)48-32(40)24(4)36/h15-18,21-26,35-36H,7-14,19-20H2,1-6H3. The van der Waals surface area contributed by atoms with E-state index < -0.39 is 60.5 Å². The summed E-state index contributed by atoms with van der Waals surface area (Å²) in [6.07, 6.45) is -2.14. The molecule has 48 heavy (non-hydrogen) atoms. The molecule has 0 saturated heterocycles. The van der Waals surface area contributed by atoms with Crippen molar-refractivity contribution in [3.8, 4) is 0 Å². The third-order valence-corrected chi connectivity index (χ3v) is 6.87. The summed E-state index contributed by atoms with van der Waals surface area (Å²) in [5, 5.41) is 18.3. The van der Waals surface area contributed by atoms with Crippen molar-refractivity contribution in [2.24, 2.45) is 0 Å². The Morgan fingerprint density at radius 2 is 0.854 bits per heavy atom. The zero-order valence-corrected chi connectivity index (χ0v) is 28.6. The summed E-state index contributed by atoms with van der Waals surface area (Å²) in [6.45, 7) is 8.78. The maximum absolute atomic E-state index is 12.1. The van der Waals surface area contributed by atoms with Gasteiger partial charge in [0.1, 0.15) is 25.4 Å². The minimum Gasteiger partial charge on any atom is -0.461 e. The van der Waals surface area contributed by atoms with E-state index in [1.165, 1.54) is 27.7 Å². The van der Waals surface area contributed by atoms with E-state index in [2.05, 4.69) is 0 Å². The van der Waals surface area contributed by atoms with Crippen molar-refractivity contribution < 1.29 is 67.4 Å². The van der Waals surface area contributed by atoms with E-state index in [9.17, 15) is 28.8 Å². The average molecular weight is 683 g/mol. The highest BCUT2D eigenvalue weighted by Crippen LogP contribution is 2.13. The topological polar surface area (TPSA) is 198 Å². The fourth-order valence-corrected chi connectivity index (χ4v) is 3.95. The summed E-state index contributed by atoms with van der Waals surface area (Å²) < 4.78 is 30.7. The smallest absolute Gasteiger partial charge is 0.347 e. The first-order chi connectivity index (χ1) is 22.6. The van der Waals surface area contributed by atoms with Gasteiger partial charge in [0.2, 0.25) is 0 Å². The van der Waals surface area contributed by atoms with Gasteiger partial charge in [0, 0.05) is 12.8 Å². The number of hydrogen-bond acceptors (Lipinski definition) is 14. The first-order valence-electron chi connectivity index (χ1n) is 16.2. The van der Waals surface area contributed by atoms with Gasteiger partial charge in [-0.05, 0) is 91.2 Å². The molecule has 0 saturated carbocycles. The van der Waals surface area contributed by atoms with Crippen molar-refractivity contribution >= 4 is 35.8 Å². The van der Waals surface area contributed by atoms with Gasteiger partial charge in [-0.25, -0.2) is 19.2 Å². The van der Waals surface area contributed by atoms with E-state index in [0.717, 1.165) is 11.1 Å². The zero-order valence-electron chi connectivity index (χ0n) is 28.6. The SMILES string of the molecule is CC(CCCCC(=O)OCc1ccc(COC(=O)CCCCC(C)OC(=O)C(C)OC(=O)C(C)O)cc1)OC(=O)C(C)OC(=O)C(C)O. The van der Waals surface area contributed by atoms with Crippen LogP contribution in [0, 0.1) is 0 Å². The second kappa shape index (κ2) is 22.5. The van der Waals surface area contributed by atoms with Crippen molar-refractivity contribution in [3.63, 3.8) is 0 Å². The molecule has 0 bridgehead atoms. The van der Waals surface area contributed by atoms with Gasteiger partial charge in [0.15, 0.2) is 12.2 Å². The fourth-order valence-electron chi connectivity index (χ4n) is 3.95. The van der Waals surface area contributed by atoms with Crippen LogP contribution in [-0.2, 0) is 70.4 Å². The molecule has 270 valence electrons. The molecule has 0 aliphatic carbocycles. The van der Waals surface area contributed by atoms with E-state index in [1.54, 1.807) is 38.1 Å². The van der Waals surface area contributed by atoms with Crippen LogP contribution in [0.4, 0.5) is 0 Å². The molecule has 14 nitrogen and oxygen atoms in total. The first kappa shape index (κ1) is 42.0. The minimum absolute atomic E-state index is 0.0929. The van der Waals surface area contributed by atoms with Crippen molar-refractivity contribution in [3.05, 3.63) is 35.4 Å². The number of aliphatic hydroxyl groups is 2. The van der Waals surface area contributed by atoms with Gasteiger partial charge in [0.25, 0.3) is 0 Å². The maximum Gasteiger partial charge on any atom is 0.347 e. The number of aliphatic hydroxyl groups excluding tert-OH is 2. The van der Waals surface area contributed by atoms with Crippen molar-refractivity contribution in [2.45, 2.75) is 143 Å². The number of unbranched alkanes of at least 4 members (excludes halogenated alkanes) is 2. The number of carbonyl (C=O) groups is 6. The van der Waals surface area contributed by atoms with Crippen molar-refractivity contribution in [1.82, 2.24) is 0 Å². The van der Waals surface area contributed by atoms with Crippen molar-refractivity contribution in [2.75, 3.05) is 0 Å². The van der Waals surface area contributed by atoms with E-state index in [4.69, 9.17) is 38.6 Å². The van der Waals surface area contributed by atoms with Crippen LogP contribution >= 0.6 is 0 Å². The van der Waals surface area contributed by atoms with Crippen LogP contribution in [0.15, 0.2) is 24.3 Å². The predicted octanol–water partition coefficient (Wildman–Crippen LogP) is 3.38. The normalized spacial score (nSPS) is 14.7. The molecule has 0 fully saturated rings. The molecule has 1 rings (SSSR count). The molecule has 0 aliphatic rings. The number of benzene rings is 1. The zero-order chi connectivity index (χ0) is 36.2. The molecule has 2 N–H and O–H groups in total. The summed E-state index contributed by atoms with van der Waals surface area (Å²) in [5.74, 6) is -3.98. The lowest BCUT2D eigenvalue weighted by Crippen LogP contribution is -2.32. The van der Waals surface area contributed by atoms with Gasteiger partial charge in [-0.1, -0.05) is 24.3 Å². The Kier molecular flexibility index (Phi) is 19.7. The average Bonchev–Trinajstić information content (AvgIpc) is 3.03. The number of carbonyl (C=O) groups excluding carboxylic acids is 6. The van der Waals surface area contributed by atoms with Gasteiger partial charge in [-0.15, -0.1) is 0 Å². The number of rotatable bonds is 22. The Bertz CT molecular complexity index is 1090. The van der Waals surface area contributed by atoms with Gasteiger partial charge in [0.05, 0.1) is 12.2 Å². The van der Waals surface area contributed by atoms with Crippen LogP contribution < -0.4 is 0 Å². The monoisotopic (exact) mass is 682 g/mol. The van der Waals surface area contributed by atoms with Gasteiger partial charge < -0.3 is 38.6 Å². The highest BCUT2D eigenvalue weighted by molar-refractivity contribution is 5.81. The van der Waals surface area contributed by atoms with Gasteiger partial charge in [-0.2, -0.15) is 0 Å². The largest absolute Gasteiger partial charge is 0.461 e. The highest BCUT2D eigenvalue weighted by atomic mass is 16.6. The molecule has 0 aromatic heterocycles. The second-order valence-electron chi connectivity index (χ2n) is 11.6. The third kappa shape index (κ3) is 18.3. The molecule has 0 spiro atoms. The molecule has 1 aromatic carbocycles. The lowest BCUT2D eigenvalue weighted by Gasteiger charge is -2.17. The van der Waals surface area contributed by atoms with Crippen LogP contribution in [0.1, 0.15) is 104 Å². The molecular weight excluding hydrogens is 632 g/mol. The lowest BCUT2D eigenvalue weighted by molar-refractivity contribution is -0.174. The molecule has 0 aliphatic heterocycles. The molecule has 0 amide bonds. The minimum atomic E-state index is -1.34. The lowest BCUT2D eigenvalue weighted by atomic mass is 10.1. The summed E-state index contributed by atoms with van der Waals surface area (Å²) in [7, 11) is 0. The second-order valence-corrected chi connectivity index (χ2v) is 11.6. The molecule has 1 aromatic rings. The molecule has 0 heterocycles. The van der Waals surface area contributed by atoms with Crippen molar-refractivity contribution in [1.29, 1.82) is 0 Å². The predicted molar refractivity (Wildman–Crippen MR) is 169 cm³/mol. The Labute approximate surface area is 281 Å². The Balaban J connectivity index is 2.20. The van der Waals surface area contributed by atoms with E-state index in [0.29, 0.717) is 38.5 Å². The molecule has 6 unspecified atom stereocenters. The van der Waals surface area contributed by atoms with Crippen LogP contribution in [0.2, 0.25) is 0 Å². The third-order valence-electron chi connectivity index (χ3n) is 6.87. The van der Waals surface area contributed by atoms with E-state index in [-0.39, 0.29) is 38.0 Å². The summed E-state index contributed by atoms with van der Waals surface area (Å²) >= 11 is 0. The summed E-state index contributed by atoms with van der Waals surface area (Å²) in [4.78, 5) is 71.0. The van der Waals surface area contributed by atoms with Gasteiger partial charge >= 0.3 is 35.8 Å². The highest BCUT2D eigenvalue weighted by Gasteiger charge is 2.24. The van der Waals surface area contributed by atoms with Crippen LogP contribution in [0.5, 0.6) is 0 Å². The van der Waals surface area contributed by atoms with E-state index >= 15 is 0 Å². The van der Waals surface area contributed by atoms with Gasteiger partial charge in [-0.3, -0.25) is 9.59 Å². The maximum atomic E-state index is 12.1. The summed E-state index contributed by atoms with van der Waals surface area (Å²) in [5.41, 5.74) is 1.55. The molecular formula is C34H50O14. The molecule has 14 heteroatoms. The van der Waals surface area contributed by atoms with Crippen LogP contribution in [0.25, 0.3) is 0 Å². The fraction of sp³-hybridized carbons (Fsp3) is 0.647. The Hall–Kier alpha value is -4.04. The molecule has 6 atom stereocenters. The Morgan fingerprint density at radius 1 is 0.521 bits per heavy atom. The first-order valence-corrected chi connectivity index (χ1v) is 16.2. The van der Waals surface area contributed by atoms with Crippen LogP contribution in [0.3, 0.4) is 0 Å². The number of esters is 6. The quantitative estimate of drug-likeness (QED) is 0.102. The number of ether oxygens (including phenoxy) is 6. The number of hydrogen-bond donors (Lipinski definition) is 2. The Morgan fingerprint density at radius 3 is 1.17 bits per heavy atom. The van der Waals surface area contributed by atoms with Crippen LogP contribution in [-0.4, -0.2) is 82.7 Å². The molecule has 0 radical (unpaired) electrons. The summed E-state index contributed by atoms with van der Waals surface area (Å²) in [6, 6.07) is 7.11. The van der Waals surface area contributed by atoms with E-state index in [1.807, 2.05) is 0 Å².